The smallest absolute Gasteiger partial charge is 0.252 e. The van der Waals surface area contributed by atoms with Crippen molar-refractivity contribution in [1.82, 2.24) is 10.3 Å². The quantitative estimate of drug-likeness (QED) is 0.686. The normalized spacial score (nSPS) is 14.2. The molecule has 0 bridgehead atoms. The molecule has 0 spiro atoms. The standard InChI is InChI=1S/C20H31N3O/c1-3-14-23(15-4-2)19-11-10-18(16-22-19)20(24)21-13-12-17-8-6-5-7-9-17/h8,10-11,16H,3-7,9,12-15H2,1-2H3,(H,21,24). The molecular formula is C20H31N3O. The molecular weight excluding hydrogens is 298 g/mol. The van der Waals surface area contributed by atoms with E-state index in [0.29, 0.717) is 12.1 Å². The summed E-state index contributed by atoms with van der Waals surface area (Å²) >= 11 is 0. The van der Waals surface area contributed by atoms with E-state index < -0.39 is 0 Å². The van der Waals surface area contributed by atoms with E-state index in [0.717, 1.165) is 38.2 Å². The van der Waals surface area contributed by atoms with Crippen LogP contribution < -0.4 is 10.2 Å². The molecule has 0 fully saturated rings. The van der Waals surface area contributed by atoms with Crippen molar-refractivity contribution >= 4 is 11.7 Å². The molecule has 0 aliphatic heterocycles. The summed E-state index contributed by atoms with van der Waals surface area (Å²) in [6, 6.07) is 3.85. The van der Waals surface area contributed by atoms with Crippen LogP contribution in [0, 0.1) is 0 Å². The lowest BCUT2D eigenvalue weighted by atomic mass is 9.97. The fraction of sp³-hybridized carbons (Fsp3) is 0.600. The average Bonchev–Trinajstić information content (AvgIpc) is 2.62. The summed E-state index contributed by atoms with van der Waals surface area (Å²) < 4.78 is 0. The zero-order chi connectivity index (χ0) is 17.2. The lowest BCUT2D eigenvalue weighted by Gasteiger charge is -2.22. The monoisotopic (exact) mass is 329 g/mol. The number of nitrogens with zero attached hydrogens (tertiary/aromatic N) is 2. The van der Waals surface area contributed by atoms with Crippen molar-refractivity contribution in [2.24, 2.45) is 0 Å². The van der Waals surface area contributed by atoms with Crippen LogP contribution in [0.4, 0.5) is 5.82 Å². The first kappa shape index (κ1) is 18.5. The molecule has 1 aliphatic carbocycles. The van der Waals surface area contributed by atoms with E-state index >= 15 is 0 Å². The second-order valence-electron chi connectivity index (χ2n) is 6.51. The van der Waals surface area contributed by atoms with E-state index in [1.807, 2.05) is 12.1 Å². The second kappa shape index (κ2) is 10.1. The zero-order valence-corrected chi connectivity index (χ0v) is 15.2. The highest BCUT2D eigenvalue weighted by atomic mass is 16.1. The molecule has 1 aromatic rings. The number of aromatic nitrogens is 1. The fourth-order valence-corrected chi connectivity index (χ4v) is 3.16. The first-order chi connectivity index (χ1) is 11.7. The number of hydrogen-bond acceptors (Lipinski definition) is 3. The van der Waals surface area contributed by atoms with Crippen molar-refractivity contribution in [3.63, 3.8) is 0 Å². The molecule has 1 aromatic heterocycles. The molecule has 1 aliphatic rings. The maximum absolute atomic E-state index is 12.2. The Hall–Kier alpha value is -1.84. The Balaban J connectivity index is 1.84. The van der Waals surface area contributed by atoms with Gasteiger partial charge in [-0.1, -0.05) is 25.5 Å². The summed E-state index contributed by atoms with van der Waals surface area (Å²) in [5, 5.41) is 3.01. The molecule has 0 atom stereocenters. The number of nitrogens with one attached hydrogen (secondary N) is 1. The van der Waals surface area contributed by atoms with Gasteiger partial charge in [-0.25, -0.2) is 4.98 Å². The van der Waals surface area contributed by atoms with Gasteiger partial charge in [-0.15, -0.1) is 0 Å². The third kappa shape index (κ3) is 5.66. The first-order valence-corrected chi connectivity index (χ1v) is 9.41. The van der Waals surface area contributed by atoms with Crippen LogP contribution in [-0.2, 0) is 0 Å². The number of carbonyl (C=O) groups excluding carboxylic acids is 1. The average molecular weight is 329 g/mol. The molecule has 4 heteroatoms. The summed E-state index contributed by atoms with van der Waals surface area (Å²) in [6.07, 6.45) is 12.2. The van der Waals surface area contributed by atoms with Gasteiger partial charge in [-0.3, -0.25) is 4.79 Å². The van der Waals surface area contributed by atoms with E-state index in [-0.39, 0.29) is 5.91 Å². The van der Waals surface area contributed by atoms with Gasteiger partial charge in [-0.2, -0.15) is 0 Å². The summed E-state index contributed by atoms with van der Waals surface area (Å²) in [4.78, 5) is 19.0. The van der Waals surface area contributed by atoms with E-state index in [4.69, 9.17) is 0 Å². The molecule has 4 nitrogen and oxygen atoms in total. The van der Waals surface area contributed by atoms with Gasteiger partial charge in [0.1, 0.15) is 5.82 Å². The van der Waals surface area contributed by atoms with Crippen molar-refractivity contribution in [3.8, 4) is 0 Å². The number of hydrogen-bond donors (Lipinski definition) is 1. The van der Waals surface area contributed by atoms with E-state index in [1.54, 1.807) is 6.20 Å². The van der Waals surface area contributed by atoms with Crippen molar-refractivity contribution < 1.29 is 4.79 Å². The number of pyridine rings is 1. The van der Waals surface area contributed by atoms with Crippen LogP contribution in [0.1, 0.15) is 69.2 Å². The summed E-state index contributed by atoms with van der Waals surface area (Å²) in [5.74, 6) is 0.936. The first-order valence-electron chi connectivity index (χ1n) is 9.41. The van der Waals surface area contributed by atoms with Crippen LogP contribution in [0.25, 0.3) is 0 Å². The predicted molar refractivity (Wildman–Crippen MR) is 101 cm³/mol. The van der Waals surface area contributed by atoms with E-state index in [1.165, 1.54) is 31.3 Å². The van der Waals surface area contributed by atoms with Gasteiger partial charge in [0, 0.05) is 25.8 Å². The maximum Gasteiger partial charge on any atom is 0.252 e. The second-order valence-corrected chi connectivity index (χ2v) is 6.51. The highest BCUT2D eigenvalue weighted by Crippen LogP contribution is 2.19. The minimum atomic E-state index is -0.0250. The highest BCUT2D eigenvalue weighted by Gasteiger charge is 2.10. The van der Waals surface area contributed by atoms with Gasteiger partial charge >= 0.3 is 0 Å². The van der Waals surface area contributed by atoms with Crippen LogP contribution >= 0.6 is 0 Å². The largest absolute Gasteiger partial charge is 0.357 e. The van der Waals surface area contributed by atoms with Crippen LogP contribution in [0.3, 0.4) is 0 Å². The minimum Gasteiger partial charge on any atom is -0.357 e. The lowest BCUT2D eigenvalue weighted by Crippen LogP contribution is -2.27. The number of rotatable bonds is 9. The Morgan fingerprint density at radius 3 is 2.58 bits per heavy atom. The molecule has 0 saturated heterocycles. The van der Waals surface area contributed by atoms with E-state index in [9.17, 15) is 4.79 Å². The highest BCUT2D eigenvalue weighted by molar-refractivity contribution is 5.94. The minimum absolute atomic E-state index is 0.0250. The summed E-state index contributed by atoms with van der Waals surface area (Å²) in [6.45, 7) is 7.06. The van der Waals surface area contributed by atoms with Crippen molar-refractivity contribution in [3.05, 3.63) is 35.5 Å². The number of carbonyl (C=O) groups is 1. The van der Waals surface area contributed by atoms with Gasteiger partial charge in [0.25, 0.3) is 5.91 Å². The van der Waals surface area contributed by atoms with Crippen molar-refractivity contribution in [2.75, 3.05) is 24.5 Å². The van der Waals surface area contributed by atoms with Crippen molar-refractivity contribution in [1.29, 1.82) is 0 Å². The van der Waals surface area contributed by atoms with Gasteiger partial charge in [-0.05, 0) is 57.1 Å². The molecule has 24 heavy (non-hydrogen) atoms. The Bertz CT molecular complexity index is 530. The van der Waals surface area contributed by atoms with Crippen LogP contribution in [-0.4, -0.2) is 30.5 Å². The number of anilines is 1. The predicted octanol–water partition coefficient (Wildman–Crippen LogP) is 4.33. The molecule has 0 aromatic carbocycles. The molecule has 1 amide bonds. The fourth-order valence-electron chi connectivity index (χ4n) is 3.16. The SMILES string of the molecule is CCCN(CCC)c1ccc(C(=O)NCCC2=CCCCC2)cn1. The maximum atomic E-state index is 12.2. The molecule has 2 rings (SSSR count). The van der Waals surface area contributed by atoms with Crippen molar-refractivity contribution in [2.45, 2.75) is 58.8 Å². The van der Waals surface area contributed by atoms with Gasteiger partial charge in [0.15, 0.2) is 0 Å². The Kier molecular flexibility index (Phi) is 7.80. The Morgan fingerprint density at radius 2 is 2.00 bits per heavy atom. The third-order valence-corrected chi connectivity index (χ3v) is 4.44. The number of amides is 1. The summed E-state index contributed by atoms with van der Waals surface area (Å²) in [5.41, 5.74) is 2.13. The lowest BCUT2D eigenvalue weighted by molar-refractivity contribution is 0.0953. The molecule has 0 radical (unpaired) electrons. The van der Waals surface area contributed by atoms with Gasteiger partial charge < -0.3 is 10.2 Å². The van der Waals surface area contributed by atoms with Crippen LogP contribution in [0.5, 0.6) is 0 Å². The molecule has 1 N–H and O–H groups in total. The molecule has 132 valence electrons. The van der Waals surface area contributed by atoms with Crippen LogP contribution in [0.2, 0.25) is 0 Å². The molecule has 1 heterocycles. The topological polar surface area (TPSA) is 45.2 Å². The van der Waals surface area contributed by atoms with Crippen LogP contribution in [0.15, 0.2) is 30.0 Å². The van der Waals surface area contributed by atoms with Gasteiger partial charge in [0.05, 0.1) is 5.56 Å². The third-order valence-electron chi connectivity index (χ3n) is 4.44. The summed E-state index contributed by atoms with van der Waals surface area (Å²) in [7, 11) is 0. The Labute approximate surface area is 146 Å². The zero-order valence-electron chi connectivity index (χ0n) is 15.2. The van der Waals surface area contributed by atoms with Gasteiger partial charge in [0.2, 0.25) is 0 Å². The Morgan fingerprint density at radius 1 is 1.21 bits per heavy atom. The number of allylic oxidation sites excluding steroid dienone is 1. The molecule has 0 unspecified atom stereocenters. The van der Waals surface area contributed by atoms with E-state index in [2.05, 4.69) is 35.1 Å². The molecule has 0 saturated carbocycles.